The molecule has 0 N–H and O–H groups in total. The van der Waals surface area contributed by atoms with Crippen LogP contribution in [0.25, 0.3) is 0 Å². The van der Waals surface area contributed by atoms with Gasteiger partial charge in [-0.25, -0.2) is 0 Å². The van der Waals surface area contributed by atoms with E-state index in [1.54, 1.807) is 6.08 Å². The highest BCUT2D eigenvalue weighted by Crippen LogP contribution is 2.24. The first-order valence-electron chi connectivity index (χ1n) is 5.54. The van der Waals surface area contributed by atoms with E-state index in [1.807, 2.05) is 6.92 Å². The molecule has 1 heteroatoms. The van der Waals surface area contributed by atoms with Gasteiger partial charge in [0.15, 0.2) is 5.78 Å². The fourth-order valence-electron chi connectivity index (χ4n) is 1.90. The zero-order valence-electron chi connectivity index (χ0n) is 8.59. The Kier molecular flexibility index (Phi) is 4.81. The summed E-state index contributed by atoms with van der Waals surface area (Å²) in [7, 11) is 0. The molecule has 1 saturated carbocycles. The molecular weight excluding hydrogens is 160 g/mol. The van der Waals surface area contributed by atoms with Crippen molar-refractivity contribution in [2.75, 3.05) is 0 Å². The zero-order chi connectivity index (χ0) is 9.52. The van der Waals surface area contributed by atoms with Crippen LogP contribution in [0, 0.1) is 5.92 Å². The summed E-state index contributed by atoms with van der Waals surface area (Å²) in [6.07, 6.45) is 12.3. The van der Waals surface area contributed by atoms with Crippen molar-refractivity contribution in [1.29, 1.82) is 0 Å². The van der Waals surface area contributed by atoms with E-state index in [-0.39, 0.29) is 0 Å². The molecule has 0 saturated heterocycles. The highest BCUT2D eigenvalue weighted by Gasteiger charge is 2.09. The van der Waals surface area contributed by atoms with Gasteiger partial charge in [0, 0.05) is 6.42 Å². The van der Waals surface area contributed by atoms with Gasteiger partial charge < -0.3 is 0 Å². The van der Waals surface area contributed by atoms with Crippen molar-refractivity contribution < 1.29 is 4.79 Å². The summed E-state index contributed by atoms with van der Waals surface area (Å²) in [6.45, 7) is 2.05. The number of ketones is 1. The average Bonchev–Trinajstić information content (AvgIpc) is 2.17. The van der Waals surface area contributed by atoms with Gasteiger partial charge in [0.25, 0.3) is 0 Å². The first-order valence-corrected chi connectivity index (χ1v) is 5.54. The molecule has 1 aliphatic carbocycles. The molecule has 0 unspecified atom stereocenters. The van der Waals surface area contributed by atoms with Gasteiger partial charge in [-0.15, -0.1) is 0 Å². The second-order valence-electron chi connectivity index (χ2n) is 3.97. The second-order valence-corrected chi connectivity index (χ2v) is 3.97. The third-order valence-corrected chi connectivity index (χ3v) is 2.70. The largest absolute Gasteiger partial charge is 0.295 e. The Morgan fingerprint density at radius 1 is 1.31 bits per heavy atom. The Morgan fingerprint density at radius 3 is 2.62 bits per heavy atom. The minimum atomic E-state index is 0.299. The molecule has 0 amide bonds. The van der Waals surface area contributed by atoms with E-state index >= 15 is 0 Å². The Labute approximate surface area is 81.2 Å². The van der Waals surface area contributed by atoms with Crippen molar-refractivity contribution in [2.45, 2.75) is 51.9 Å². The number of rotatable bonds is 4. The molecule has 13 heavy (non-hydrogen) atoms. The maximum Gasteiger partial charge on any atom is 0.155 e. The molecule has 0 aromatic heterocycles. The van der Waals surface area contributed by atoms with Crippen molar-refractivity contribution in [3.8, 4) is 0 Å². The third-order valence-electron chi connectivity index (χ3n) is 2.70. The lowest BCUT2D eigenvalue weighted by Gasteiger charge is -2.17. The molecule has 0 heterocycles. The van der Waals surface area contributed by atoms with Gasteiger partial charge in [-0.2, -0.15) is 0 Å². The minimum Gasteiger partial charge on any atom is -0.295 e. The number of carbonyl (C=O) groups excluding carboxylic acids is 1. The van der Waals surface area contributed by atoms with Gasteiger partial charge in [-0.05, 0) is 31.3 Å². The van der Waals surface area contributed by atoms with E-state index in [1.165, 1.54) is 32.1 Å². The minimum absolute atomic E-state index is 0.299. The van der Waals surface area contributed by atoms with Gasteiger partial charge in [0.2, 0.25) is 0 Å². The molecule has 0 atom stereocenters. The predicted octanol–water partition coefficient (Wildman–Crippen LogP) is 3.49. The summed E-state index contributed by atoms with van der Waals surface area (Å²) in [5.74, 6) is 0.989. The van der Waals surface area contributed by atoms with Crippen molar-refractivity contribution in [1.82, 2.24) is 0 Å². The highest BCUT2D eigenvalue weighted by molar-refractivity contribution is 5.89. The van der Waals surface area contributed by atoms with Gasteiger partial charge in [-0.1, -0.05) is 32.3 Å². The summed E-state index contributed by atoms with van der Waals surface area (Å²) >= 11 is 0. The van der Waals surface area contributed by atoms with Crippen LogP contribution in [0.5, 0.6) is 0 Å². The molecule has 0 spiro atoms. The molecule has 0 bridgehead atoms. The second kappa shape index (κ2) is 5.95. The normalized spacial score (nSPS) is 19.5. The lowest BCUT2D eigenvalue weighted by atomic mass is 9.89. The molecule has 74 valence electrons. The molecule has 0 aromatic carbocycles. The molecule has 1 rings (SSSR count). The predicted molar refractivity (Wildman–Crippen MR) is 55.6 cm³/mol. The molecule has 1 fully saturated rings. The smallest absolute Gasteiger partial charge is 0.155 e. The Bertz CT molecular complexity index is 176. The fourth-order valence-corrected chi connectivity index (χ4v) is 1.90. The van der Waals surface area contributed by atoms with Gasteiger partial charge in [-0.3, -0.25) is 4.79 Å². The van der Waals surface area contributed by atoms with E-state index < -0.39 is 0 Å². The lowest BCUT2D eigenvalue weighted by Crippen LogP contribution is -2.03. The van der Waals surface area contributed by atoms with E-state index in [4.69, 9.17) is 0 Å². The number of hydrogen-bond acceptors (Lipinski definition) is 1. The highest BCUT2D eigenvalue weighted by atomic mass is 16.1. The van der Waals surface area contributed by atoms with Gasteiger partial charge >= 0.3 is 0 Å². The van der Waals surface area contributed by atoms with Crippen LogP contribution in [-0.2, 0) is 4.79 Å². The zero-order valence-corrected chi connectivity index (χ0v) is 8.59. The lowest BCUT2D eigenvalue weighted by molar-refractivity contribution is -0.114. The quantitative estimate of drug-likeness (QED) is 0.605. The van der Waals surface area contributed by atoms with Crippen LogP contribution in [0.2, 0.25) is 0 Å². The van der Waals surface area contributed by atoms with E-state index in [0.717, 1.165) is 6.42 Å². The van der Waals surface area contributed by atoms with Crippen LogP contribution >= 0.6 is 0 Å². The molecule has 0 aromatic rings. The van der Waals surface area contributed by atoms with Crippen LogP contribution < -0.4 is 0 Å². The summed E-state index contributed by atoms with van der Waals surface area (Å²) in [6, 6.07) is 0. The van der Waals surface area contributed by atoms with E-state index in [0.29, 0.717) is 18.1 Å². The summed E-state index contributed by atoms with van der Waals surface area (Å²) in [4.78, 5) is 11.2. The first-order chi connectivity index (χ1) is 6.33. The molecule has 1 nitrogen and oxygen atoms in total. The Hall–Kier alpha value is -0.590. The maximum absolute atomic E-state index is 11.2. The van der Waals surface area contributed by atoms with E-state index in [2.05, 4.69) is 6.08 Å². The summed E-state index contributed by atoms with van der Waals surface area (Å²) in [5, 5.41) is 0. The van der Waals surface area contributed by atoms with Crippen molar-refractivity contribution in [3.05, 3.63) is 12.2 Å². The van der Waals surface area contributed by atoms with Crippen molar-refractivity contribution in [3.63, 3.8) is 0 Å². The van der Waals surface area contributed by atoms with E-state index in [9.17, 15) is 4.79 Å². The van der Waals surface area contributed by atoms with Crippen LogP contribution in [0.15, 0.2) is 12.2 Å². The van der Waals surface area contributed by atoms with Gasteiger partial charge in [0.05, 0.1) is 0 Å². The molecular formula is C12H20O. The average molecular weight is 180 g/mol. The molecule has 0 aliphatic heterocycles. The van der Waals surface area contributed by atoms with Crippen LogP contribution in [0.4, 0.5) is 0 Å². The van der Waals surface area contributed by atoms with Crippen LogP contribution in [-0.4, -0.2) is 5.78 Å². The summed E-state index contributed by atoms with van der Waals surface area (Å²) in [5.41, 5.74) is 0. The van der Waals surface area contributed by atoms with Crippen molar-refractivity contribution >= 4 is 5.78 Å². The Balaban J connectivity index is 2.24. The number of allylic oxidation sites excluding steroid dienone is 2. The molecule has 0 radical (unpaired) electrons. The van der Waals surface area contributed by atoms with Crippen LogP contribution in [0.1, 0.15) is 51.9 Å². The van der Waals surface area contributed by atoms with Gasteiger partial charge in [0.1, 0.15) is 0 Å². The first kappa shape index (κ1) is 10.5. The third kappa shape index (κ3) is 4.25. The Morgan fingerprint density at radius 2 is 2.00 bits per heavy atom. The maximum atomic E-state index is 11.2. The number of hydrogen-bond donors (Lipinski definition) is 0. The van der Waals surface area contributed by atoms with Crippen molar-refractivity contribution in [2.24, 2.45) is 5.92 Å². The summed E-state index contributed by atoms with van der Waals surface area (Å²) < 4.78 is 0. The SMILES string of the molecule is CCCC(=O)/C=C/C1CCCCC1. The van der Waals surface area contributed by atoms with Crippen LogP contribution in [0.3, 0.4) is 0 Å². The molecule has 1 aliphatic rings. The standard InChI is InChI=1S/C12H20O/c1-2-6-12(13)10-9-11-7-4-3-5-8-11/h9-11H,2-8H2,1H3/b10-9+. The fraction of sp³-hybridized carbons (Fsp3) is 0.750. The topological polar surface area (TPSA) is 17.1 Å². The monoisotopic (exact) mass is 180 g/mol. The number of carbonyl (C=O) groups is 1.